The first-order valence-corrected chi connectivity index (χ1v) is 10.3. The minimum atomic E-state index is -3.65. The van der Waals surface area contributed by atoms with E-state index in [1.165, 1.54) is 22.9 Å². The monoisotopic (exact) mass is 404 g/mol. The first-order valence-electron chi connectivity index (χ1n) is 8.48. The van der Waals surface area contributed by atoms with Gasteiger partial charge in [0.2, 0.25) is 0 Å². The fraction of sp³-hybridized carbons (Fsp3) is 0.368. The Balaban J connectivity index is 2.14. The van der Waals surface area contributed by atoms with Gasteiger partial charge in [-0.25, -0.2) is 0 Å². The molecular weight excluding hydrogens is 384 g/mol. The van der Waals surface area contributed by atoms with E-state index in [-0.39, 0.29) is 6.61 Å². The van der Waals surface area contributed by atoms with Gasteiger partial charge in [0.15, 0.2) is 0 Å². The Bertz CT molecular complexity index is 1110. The van der Waals surface area contributed by atoms with E-state index in [1.54, 1.807) is 32.0 Å². The number of aromatic nitrogens is 1. The largest absolute Gasteiger partial charge is 0.485 e. The van der Waals surface area contributed by atoms with Crippen LogP contribution in [0.1, 0.15) is 36.6 Å². The highest BCUT2D eigenvalue weighted by molar-refractivity contribution is 7.85. The summed E-state index contributed by atoms with van der Waals surface area (Å²) in [5.41, 5.74) is -0.0828. The van der Waals surface area contributed by atoms with Crippen molar-refractivity contribution in [2.45, 2.75) is 38.2 Å². The van der Waals surface area contributed by atoms with Crippen LogP contribution < -0.4 is 10.3 Å². The molecule has 0 saturated heterocycles. The number of hydrogen-bond donors (Lipinski definition) is 1. The summed E-state index contributed by atoms with van der Waals surface area (Å²) < 4.78 is 34.5. The molecule has 0 saturated carbocycles. The molecule has 1 aromatic heterocycles. The molecule has 9 heteroatoms. The van der Waals surface area contributed by atoms with Gasteiger partial charge < -0.3 is 14.4 Å². The molecule has 0 radical (unpaired) electrons. The lowest BCUT2D eigenvalue weighted by atomic mass is 9.85. The molecule has 2 aromatic rings. The normalized spacial score (nSPS) is 20.7. The number of pyridine rings is 1. The number of aliphatic hydroxyl groups is 1. The number of aliphatic hydroxyl groups excluding tert-OH is 1. The number of hydrogen-bond acceptors (Lipinski definition) is 7. The number of rotatable bonds is 4. The summed E-state index contributed by atoms with van der Waals surface area (Å²) in [5.74, 6) is 0.462. The van der Waals surface area contributed by atoms with E-state index in [2.05, 4.69) is 0 Å². The molecule has 1 aliphatic rings. The molecule has 0 unspecified atom stereocenters. The van der Waals surface area contributed by atoms with Gasteiger partial charge in [-0.1, -0.05) is 0 Å². The van der Waals surface area contributed by atoms with Crippen LogP contribution in [0, 0.1) is 11.3 Å². The van der Waals surface area contributed by atoms with Gasteiger partial charge in [0.05, 0.1) is 30.5 Å². The van der Waals surface area contributed by atoms with Crippen molar-refractivity contribution in [3.8, 4) is 11.8 Å². The second-order valence-corrected chi connectivity index (χ2v) is 8.85. The van der Waals surface area contributed by atoms with Crippen molar-refractivity contribution < 1.29 is 22.4 Å². The molecular formula is C19H20N2O6S. The molecule has 0 fully saturated rings. The Morgan fingerprint density at radius 1 is 1.32 bits per heavy atom. The lowest BCUT2D eigenvalue weighted by molar-refractivity contribution is -0.0643. The molecule has 0 amide bonds. The van der Waals surface area contributed by atoms with Gasteiger partial charge >= 0.3 is 0 Å². The molecule has 1 N–H and O–H groups in total. The van der Waals surface area contributed by atoms with Gasteiger partial charge in [-0.3, -0.25) is 8.98 Å². The summed E-state index contributed by atoms with van der Waals surface area (Å²) in [7, 11) is -3.65. The van der Waals surface area contributed by atoms with E-state index in [9.17, 15) is 23.6 Å². The number of ether oxygens (including phenoxy) is 1. The van der Waals surface area contributed by atoms with E-state index >= 15 is 0 Å². The molecule has 0 aliphatic carbocycles. The lowest BCUT2D eigenvalue weighted by Crippen LogP contribution is -2.52. The van der Waals surface area contributed by atoms with Crippen molar-refractivity contribution in [2.75, 3.05) is 6.26 Å². The number of nitriles is 1. The highest BCUT2D eigenvalue weighted by Crippen LogP contribution is 2.41. The lowest BCUT2D eigenvalue weighted by Gasteiger charge is -2.42. The Morgan fingerprint density at radius 2 is 2.04 bits per heavy atom. The van der Waals surface area contributed by atoms with Crippen LogP contribution in [-0.2, 0) is 20.9 Å². The van der Waals surface area contributed by atoms with Crippen LogP contribution in [-0.4, -0.2) is 36.1 Å². The molecule has 3 rings (SSSR count). The van der Waals surface area contributed by atoms with Crippen molar-refractivity contribution >= 4 is 10.1 Å². The summed E-state index contributed by atoms with van der Waals surface area (Å²) in [4.78, 5) is 12.6. The van der Waals surface area contributed by atoms with Gasteiger partial charge in [0.1, 0.15) is 17.5 Å². The van der Waals surface area contributed by atoms with Crippen LogP contribution >= 0.6 is 0 Å². The van der Waals surface area contributed by atoms with Crippen LogP contribution in [0.5, 0.6) is 5.75 Å². The van der Waals surface area contributed by atoms with Crippen LogP contribution in [0.3, 0.4) is 0 Å². The predicted molar refractivity (Wildman–Crippen MR) is 100 cm³/mol. The Morgan fingerprint density at radius 3 is 2.68 bits per heavy atom. The number of fused-ring (bicyclic) bond motifs is 1. The SMILES string of the molecule is CC1(C)Oc2ccc(C#N)cc2[C@H](n2cc(COS(C)(=O)=O)ccc2=O)[C@H]1O. The van der Waals surface area contributed by atoms with E-state index in [0.717, 1.165) is 6.26 Å². The first kappa shape index (κ1) is 20.1. The summed E-state index contributed by atoms with van der Waals surface area (Å²) >= 11 is 0. The molecule has 8 nitrogen and oxygen atoms in total. The van der Waals surface area contributed by atoms with Gasteiger partial charge in [-0.05, 0) is 43.7 Å². The molecule has 2 heterocycles. The number of benzene rings is 1. The molecule has 1 aliphatic heterocycles. The number of nitrogens with zero attached hydrogens (tertiary/aromatic N) is 2. The third-order valence-corrected chi connectivity index (χ3v) is 5.13. The van der Waals surface area contributed by atoms with Crippen molar-refractivity contribution in [3.05, 3.63) is 63.6 Å². The molecule has 2 atom stereocenters. The summed E-state index contributed by atoms with van der Waals surface area (Å²) in [6.07, 6.45) is 1.29. The van der Waals surface area contributed by atoms with Gasteiger partial charge in [-0.15, -0.1) is 0 Å². The highest BCUT2D eigenvalue weighted by atomic mass is 32.2. The quantitative estimate of drug-likeness (QED) is 0.763. The maximum atomic E-state index is 12.6. The van der Waals surface area contributed by atoms with Crippen molar-refractivity contribution in [1.29, 1.82) is 5.26 Å². The minimum absolute atomic E-state index is 0.243. The van der Waals surface area contributed by atoms with Crippen LogP contribution in [0.2, 0.25) is 0 Å². The van der Waals surface area contributed by atoms with Crippen LogP contribution in [0.25, 0.3) is 0 Å². The summed E-state index contributed by atoms with van der Waals surface area (Å²) in [6.45, 7) is 3.16. The Hall–Kier alpha value is -2.67. The summed E-state index contributed by atoms with van der Waals surface area (Å²) in [5, 5.41) is 20.2. The van der Waals surface area contributed by atoms with Crippen molar-refractivity contribution in [1.82, 2.24) is 4.57 Å². The molecule has 148 valence electrons. The zero-order chi connectivity index (χ0) is 20.7. The maximum absolute atomic E-state index is 12.6. The van der Waals surface area contributed by atoms with E-state index in [0.29, 0.717) is 22.4 Å². The second-order valence-electron chi connectivity index (χ2n) is 7.21. The maximum Gasteiger partial charge on any atom is 0.264 e. The van der Waals surface area contributed by atoms with Crippen LogP contribution in [0.15, 0.2) is 41.3 Å². The topological polar surface area (TPSA) is 119 Å². The zero-order valence-corrected chi connectivity index (χ0v) is 16.4. The first-order chi connectivity index (χ1) is 13.0. The van der Waals surface area contributed by atoms with Crippen molar-refractivity contribution in [3.63, 3.8) is 0 Å². The minimum Gasteiger partial charge on any atom is -0.485 e. The van der Waals surface area contributed by atoms with Crippen LogP contribution in [0.4, 0.5) is 0 Å². The molecule has 0 bridgehead atoms. The second kappa shape index (κ2) is 7.05. The fourth-order valence-corrected chi connectivity index (χ4v) is 3.52. The Kier molecular flexibility index (Phi) is 5.06. The summed E-state index contributed by atoms with van der Waals surface area (Å²) in [6, 6.07) is 8.77. The fourth-order valence-electron chi connectivity index (χ4n) is 3.17. The van der Waals surface area contributed by atoms with Gasteiger partial charge in [0.25, 0.3) is 15.7 Å². The third-order valence-electron chi connectivity index (χ3n) is 4.58. The molecule has 28 heavy (non-hydrogen) atoms. The van der Waals surface area contributed by atoms with E-state index in [4.69, 9.17) is 8.92 Å². The van der Waals surface area contributed by atoms with E-state index < -0.39 is 33.4 Å². The predicted octanol–water partition coefficient (Wildman–Crippen LogP) is 1.32. The van der Waals surface area contributed by atoms with Crippen molar-refractivity contribution in [2.24, 2.45) is 0 Å². The zero-order valence-electron chi connectivity index (χ0n) is 15.6. The average Bonchev–Trinajstić information content (AvgIpc) is 2.61. The smallest absolute Gasteiger partial charge is 0.264 e. The average molecular weight is 404 g/mol. The van der Waals surface area contributed by atoms with E-state index in [1.807, 2.05) is 6.07 Å². The molecule has 1 aromatic carbocycles. The van der Waals surface area contributed by atoms with Gasteiger partial charge in [-0.2, -0.15) is 13.7 Å². The van der Waals surface area contributed by atoms with Gasteiger partial charge in [0, 0.05) is 17.8 Å². The Labute approximate surface area is 162 Å². The third kappa shape index (κ3) is 3.94. The highest BCUT2D eigenvalue weighted by Gasteiger charge is 2.44. The molecule has 0 spiro atoms. The standard InChI is InChI=1S/C19H20N2O6S/c1-19(2)18(23)17(14-8-12(9-20)4-6-15(14)27-19)21-10-13(5-7-16(21)22)11-26-28(3,24)25/h4-8,10,17-18,23H,11H2,1-3H3/t17-,18+/m0/s1.